The smallest absolute Gasteiger partial charge is 0.249 e. The fourth-order valence-corrected chi connectivity index (χ4v) is 3.84. The normalized spacial score (nSPS) is 23.7. The van der Waals surface area contributed by atoms with Crippen LogP contribution < -0.4 is 5.32 Å². The van der Waals surface area contributed by atoms with Crippen LogP contribution in [0, 0.1) is 0 Å². The fourth-order valence-electron chi connectivity index (χ4n) is 3.84. The summed E-state index contributed by atoms with van der Waals surface area (Å²) in [5, 5.41) is 3.24. The van der Waals surface area contributed by atoms with E-state index in [2.05, 4.69) is 41.3 Å². The molecular weight excluding hydrogens is 314 g/mol. The molecular formula is C20H31N3O2. The van der Waals surface area contributed by atoms with Crippen LogP contribution in [0.5, 0.6) is 0 Å². The molecule has 1 amide bonds. The van der Waals surface area contributed by atoms with E-state index < -0.39 is 0 Å². The average molecular weight is 345 g/mol. The minimum Gasteiger partial charge on any atom is -0.368 e. The van der Waals surface area contributed by atoms with Crippen molar-refractivity contribution in [1.29, 1.82) is 0 Å². The first kappa shape index (κ1) is 18.4. The molecule has 0 unspecified atom stereocenters. The van der Waals surface area contributed by atoms with E-state index in [4.69, 9.17) is 4.74 Å². The van der Waals surface area contributed by atoms with Gasteiger partial charge in [-0.1, -0.05) is 30.3 Å². The predicted octanol–water partition coefficient (Wildman–Crippen LogP) is 2.05. The molecule has 1 N–H and O–H groups in total. The molecule has 2 atom stereocenters. The van der Waals surface area contributed by atoms with Crippen molar-refractivity contribution in [2.45, 2.75) is 43.9 Å². The lowest BCUT2D eigenvalue weighted by Crippen LogP contribution is -2.46. The van der Waals surface area contributed by atoms with E-state index in [-0.39, 0.29) is 18.1 Å². The highest BCUT2D eigenvalue weighted by molar-refractivity contribution is 5.81. The molecule has 2 aliphatic heterocycles. The molecule has 2 aliphatic rings. The van der Waals surface area contributed by atoms with Gasteiger partial charge < -0.3 is 19.9 Å². The van der Waals surface area contributed by atoms with Crippen LogP contribution in [0.3, 0.4) is 0 Å². The van der Waals surface area contributed by atoms with E-state index >= 15 is 0 Å². The summed E-state index contributed by atoms with van der Waals surface area (Å²) in [6, 6.07) is 10.9. The molecule has 1 aromatic rings. The number of carbonyl (C=O) groups is 1. The van der Waals surface area contributed by atoms with E-state index in [1.54, 1.807) is 0 Å². The molecule has 0 spiro atoms. The molecule has 0 aliphatic carbocycles. The summed E-state index contributed by atoms with van der Waals surface area (Å²) in [5.41, 5.74) is 1.16. The Morgan fingerprint density at radius 2 is 2.00 bits per heavy atom. The lowest BCUT2D eigenvalue weighted by atomic mass is 10.0. The quantitative estimate of drug-likeness (QED) is 0.857. The number of nitrogens with one attached hydrogen (secondary N) is 1. The first-order valence-electron chi connectivity index (χ1n) is 9.49. The summed E-state index contributed by atoms with van der Waals surface area (Å²) < 4.78 is 5.55. The van der Waals surface area contributed by atoms with Crippen molar-refractivity contribution in [3.8, 4) is 0 Å². The molecule has 1 aromatic carbocycles. The number of likely N-dealkylation sites (tertiary alicyclic amines) is 1. The maximum Gasteiger partial charge on any atom is 0.249 e. The molecule has 2 fully saturated rings. The number of hydrogen-bond donors (Lipinski definition) is 1. The Morgan fingerprint density at radius 3 is 2.64 bits per heavy atom. The monoisotopic (exact) mass is 345 g/mol. The summed E-state index contributed by atoms with van der Waals surface area (Å²) in [6.07, 6.45) is 3.91. The highest BCUT2D eigenvalue weighted by Crippen LogP contribution is 2.21. The van der Waals surface area contributed by atoms with Crippen LogP contribution in [0.2, 0.25) is 0 Å². The minimum atomic E-state index is -0.278. The zero-order valence-corrected chi connectivity index (χ0v) is 15.5. The Hall–Kier alpha value is -1.43. The molecule has 2 saturated heterocycles. The Labute approximate surface area is 151 Å². The van der Waals surface area contributed by atoms with Gasteiger partial charge in [0.25, 0.3) is 0 Å². The highest BCUT2D eigenvalue weighted by Gasteiger charge is 2.28. The van der Waals surface area contributed by atoms with Crippen molar-refractivity contribution in [2.24, 2.45) is 0 Å². The number of likely N-dealkylation sites (N-methyl/N-ethyl adjacent to an activating group) is 1. The molecule has 5 heteroatoms. The van der Waals surface area contributed by atoms with Crippen molar-refractivity contribution in [2.75, 3.05) is 40.3 Å². The van der Waals surface area contributed by atoms with Crippen LogP contribution in [-0.2, 0) is 9.53 Å². The lowest BCUT2D eigenvalue weighted by molar-refractivity contribution is -0.131. The van der Waals surface area contributed by atoms with Crippen molar-refractivity contribution >= 4 is 5.91 Å². The van der Waals surface area contributed by atoms with Gasteiger partial charge in [0.05, 0.1) is 6.04 Å². The molecule has 138 valence electrons. The largest absolute Gasteiger partial charge is 0.368 e. The van der Waals surface area contributed by atoms with Crippen molar-refractivity contribution in [3.63, 3.8) is 0 Å². The van der Waals surface area contributed by atoms with E-state index in [0.717, 1.165) is 38.0 Å². The maximum absolute atomic E-state index is 12.6. The maximum atomic E-state index is 12.6. The van der Waals surface area contributed by atoms with Crippen LogP contribution in [0.1, 0.15) is 37.3 Å². The van der Waals surface area contributed by atoms with Gasteiger partial charge in [0.2, 0.25) is 5.91 Å². The van der Waals surface area contributed by atoms with Gasteiger partial charge in [0.15, 0.2) is 0 Å². The van der Waals surface area contributed by atoms with Gasteiger partial charge in [-0.05, 0) is 58.4 Å². The number of rotatable bonds is 6. The molecule has 0 aromatic heterocycles. The second-order valence-electron chi connectivity index (χ2n) is 7.45. The Morgan fingerprint density at radius 1 is 1.28 bits per heavy atom. The number of nitrogens with zero attached hydrogens (tertiary/aromatic N) is 2. The standard InChI is InChI=1S/C20H31N3O2/c1-22-12-10-17(11-13-22)23(2)15-18(16-7-4-3-5-8-16)21-20(24)19-9-6-14-25-19/h3-5,7-8,17-19H,6,9-15H2,1-2H3,(H,21,24)/t18-,19+/m0/s1. The van der Waals surface area contributed by atoms with Gasteiger partial charge in [-0.15, -0.1) is 0 Å². The van der Waals surface area contributed by atoms with Crippen molar-refractivity contribution in [1.82, 2.24) is 15.1 Å². The molecule has 3 rings (SSSR count). The third kappa shape index (κ3) is 5.03. The molecule has 0 bridgehead atoms. The molecule has 5 nitrogen and oxygen atoms in total. The van der Waals surface area contributed by atoms with Crippen LogP contribution in [0.25, 0.3) is 0 Å². The molecule has 2 heterocycles. The van der Waals surface area contributed by atoms with Crippen LogP contribution in [0.4, 0.5) is 0 Å². The summed E-state index contributed by atoms with van der Waals surface area (Å²) in [7, 11) is 4.37. The minimum absolute atomic E-state index is 0.00237. The third-order valence-electron chi connectivity index (χ3n) is 5.52. The Bertz CT molecular complexity index is 537. The topological polar surface area (TPSA) is 44.8 Å². The van der Waals surface area contributed by atoms with Gasteiger partial charge in [0, 0.05) is 19.2 Å². The number of carbonyl (C=O) groups excluding carboxylic acids is 1. The van der Waals surface area contributed by atoms with E-state index in [1.807, 2.05) is 18.2 Å². The van der Waals surface area contributed by atoms with Crippen LogP contribution >= 0.6 is 0 Å². The number of hydrogen-bond acceptors (Lipinski definition) is 4. The number of benzene rings is 1. The Balaban J connectivity index is 1.64. The zero-order valence-electron chi connectivity index (χ0n) is 15.5. The van der Waals surface area contributed by atoms with Crippen molar-refractivity contribution in [3.05, 3.63) is 35.9 Å². The van der Waals surface area contributed by atoms with E-state index in [1.165, 1.54) is 12.8 Å². The van der Waals surface area contributed by atoms with Gasteiger partial charge in [-0.25, -0.2) is 0 Å². The first-order chi connectivity index (χ1) is 12.1. The summed E-state index contributed by atoms with van der Waals surface area (Å²) >= 11 is 0. The average Bonchev–Trinajstić information content (AvgIpc) is 3.17. The zero-order chi connectivity index (χ0) is 17.6. The summed E-state index contributed by atoms with van der Waals surface area (Å²) in [5.74, 6) is 0.0307. The number of piperidine rings is 1. The van der Waals surface area contributed by atoms with E-state index in [0.29, 0.717) is 12.6 Å². The van der Waals surface area contributed by atoms with Gasteiger partial charge >= 0.3 is 0 Å². The molecule has 25 heavy (non-hydrogen) atoms. The fraction of sp³-hybridized carbons (Fsp3) is 0.650. The van der Waals surface area contributed by atoms with Crippen LogP contribution in [0.15, 0.2) is 30.3 Å². The van der Waals surface area contributed by atoms with E-state index in [9.17, 15) is 4.79 Å². The van der Waals surface area contributed by atoms with Gasteiger partial charge in [-0.3, -0.25) is 4.79 Å². The lowest BCUT2D eigenvalue weighted by Gasteiger charge is -2.37. The highest BCUT2D eigenvalue weighted by atomic mass is 16.5. The van der Waals surface area contributed by atoms with Gasteiger partial charge in [-0.2, -0.15) is 0 Å². The second-order valence-corrected chi connectivity index (χ2v) is 7.45. The number of ether oxygens (including phenoxy) is 1. The molecule has 0 saturated carbocycles. The Kier molecular flexibility index (Phi) is 6.45. The summed E-state index contributed by atoms with van der Waals surface area (Å²) in [4.78, 5) is 17.4. The van der Waals surface area contributed by atoms with Crippen molar-refractivity contribution < 1.29 is 9.53 Å². The SMILES string of the molecule is CN1CCC(N(C)C[C@H](NC(=O)[C@H]2CCCO2)c2ccccc2)CC1. The third-order valence-corrected chi connectivity index (χ3v) is 5.52. The number of amides is 1. The molecule has 0 radical (unpaired) electrons. The summed E-state index contributed by atoms with van der Waals surface area (Å²) in [6.45, 7) is 3.82. The van der Waals surface area contributed by atoms with Gasteiger partial charge in [0.1, 0.15) is 6.10 Å². The first-order valence-corrected chi connectivity index (χ1v) is 9.49. The second kappa shape index (κ2) is 8.79. The predicted molar refractivity (Wildman–Crippen MR) is 99.4 cm³/mol. The van der Waals surface area contributed by atoms with Crippen LogP contribution in [-0.4, -0.2) is 68.2 Å².